The third kappa shape index (κ3) is 9.23. The lowest BCUT2D eigenvalue weighted by molar-refractivity contribution is -0.143. The first-order valence-electron chi connectivity index (χ1n) is 19.2. The number of benzene rings is 1. The average Bonchev–Trinajstić information content (AvgIpc) is 3.81. The Labute approximate surface area is 327 Å². The summed E-state index contributed by atoms with van der Waals surface area (Å²) < 4.78 is 50.5. The number of alkyl carbamates (subject to hydrolysis) is 1. The number of halogens is 1. The minimum absolute atomic E-state index is 0.00474. The van der Waals surface area contributed by atoms with Gasteiger partial charge in [-0.1, -0.05) is 58.7 Å². The van der Waals surface area contributed by atoms with Crippen molar-refractivity contribution in [2.24, 2.45) is 17.3 Å². The summed E-state index contributed by atoms with van der Waals surface area (Å²) in [6.07, 6.45) is 2.42. The van der Waals surface area contributed by atoms with Gasteiger partial charge in [0.05, 0.1) is 29.8 Å². The van der Waals surface area contributed by atoms with E-state index in [1.54, 1.807) is 45.0 Å². The Bertz CT molecular complexity index is 1920. The van der Waals surface area contributed by atoms with Crippen molar-refractivity contribution >= 4 is 56.6 Å². The minimum atomic E-state index is -4.44. The number of hydrogen-bond donors (Lipinski definition) is 3. The Kier molecular flexibility index (Phi) is 11.8. The fourth-order valence-electron chi connectivity index (χ4n) is 7.58. The highest BCUT2D eigenvalue weighted by Crippen LogP contribution is 2.47. The lowest BCUT2D eigenvalue weighted by Crippen LogP contribution is -2.60. The van der Waals surface area contributed by atoms with E-state index >= 15 is 0 Å². The van der Waals surface area contributed by atoms with E-state index in [0.29, 0.717) is 41.1 Å². The van der Waals surface area contributed by atoms with Crippen LogP contribution < -0.4 is 24.8 Å². The van der Waals surface area contributed by atoms with Crippen molar-refractivity contribution in [1.82, 2.24) is 25.2 Å². The van der Waals surface area contributed by atoms with Crippen molar-refractivity contribution in [3.05, 3.63) is 29.3 Å². The van der Waals surface area contributed by atoms with E-state index in [2.05, 4.69) is 15.6 Å². The monoisotopic (exact) mass is 805 g/mol. The maximum absolute atomic E-state index is 14.6. The van der Waals surface area contributed by atoms with Crippen LogP contribution in [0.1, 0.15) is 92.9 Å². The molecule has 55 heavy (non-hydrogen) atoms. The second-order valence-corrected chi connectivity index (χ2v) is 18.0. The van der Waals surface area contributed by atoms with Gasteiger partial charge in [-0.15, -0.1) is 0 Å². The molecule has 4 fully saturated rings. The van der Waals surface area contributed by atoms with Crippen molar-refractivity contribution in [1.29, 1.82) is 0 Å². The number of nitrogens with zero attached hydrogens (tertiary/aromatic N) is 2. The fourth-order valence-corrected chi connectivity index (χ4v) is 8.85. The van der Waals surface area contributed by atoms with E-state index in [1.165, 1.54) is 4.90 Å². The van der Waals surface area contributed by atoms with E-state index in [1.807, 2.05) is 25.5 Å². The number of para-hydroxylation sites is 1. The number of carbonyl (C=O) groups excluding carboxylic acids is 4. The van der Waals surface area contributed by atoms with Crippen molar-refractivity contribution in [2.75, 3.05) is 13.2 Å². The standard InChI is InChI=1S/C38H52ClN5O10S/c1-7-22-19-38(22,35(47)43-55(49,50)54-28-16-21(28)3)42-33(45)27-17-24(52-29-18-30(51-8-2)40-31-25(29)14-11-15-26(31)39)20-44(27)34(46)32(37(4,5)6)41-36(48)53-23-12-9-10-13-23/h11,14-15,18,21-24,27-28,32H,7-10,12-13,16-17,19-20H2,1-6H3,(H,41,48)(H,42,45)(H,43,47)/t21?,22-,24-,27+,28?,32-,38-/m1/s1. The smallest absolute Gasteiger partial charge is 0.408 e. The predicted molar refractivity (Wildman–Crippen MR) is 203 cm³/mol. The first-order valence-corrected chi connectivity index (χ1v) is 21.0. The molecule has 2 aromatic rings. The van der Waals surface area contributed by atoms with Crippen molar-refractivity contribution < 1.29 is 46.0 Å². The second-order valence-electron chi connectivity index (χ2n) is 16.3. The van der Waals surface area contributed by atoms with E-state index in [9.17, 15) is 27.6 Å². The Morgan fingerprint density at radius 2 is 1.80 bits per heavy atom. The van der Waals surface area contributed by atoms with E-state index in [4.69, 9.17) is 30.0 Å². The summed E-state index contributed by atoms with van der Waals surface area (Å²) in [5.74, 6) is -1.78. The molecule has 6 rings (SSSR count). The molecule has 2 unspecified atom stereocenters. The molecule has 1 aromatic carbocycles. The Morgan fingerprint density at radius 3 is 2.42 bits per heavy atom. The van der Waals surface area contributed by atoms with Gasteiger partial charge in [0.2, 0.25) is 17.7 Å². The summed E-state index contributed by atoms with van der Waals surface area (Å²) >= 11 is 6.51. The van der Waals surface area contributed by atoms with Crippen LogP contribution in [0.25, 0.3) is 10.9 Å². The molecule has 1 saturated heterocycles. The zero-order chi connectivity index (χ0) is 39.9. The first-order chi connectivity index (χ1) is 25.9. The van der Waals surface area contributed by atoms with Gasteiger partial charge in [0.15, 0.2) is 0 Å². The molecule has 1 aromatic heterocycles. The third-order valence-corrected chi connectivity index (χ3v) is 12.2. The number of fused-ring (bicyclic) bond motifs is 1. The first kappa shape index (κ1) is 40.8. The molecule has 0 radical (unpaired) electrons. The lowest BCUT2D eigenvalue weighted by atomic mass is 9.85. The molecule has 302 valence electrons. The quantitative estimate of drug-likeness (QED) is 0.238. The van der Waals surface area contributed by atoms with Crippen LogP contribution in [0.5, 0.6) is 11.6 Å². The SMILES string of the molecule is CCOc1cc(O[C@@H]2C[C@@H](C(=O)N[C@]3(C(=O)NS(=O)(=O)OC4CC4C)C[C@H]3CC)N(C(=O)[C@@H](NC(=O)OC3CCCC3)C(C)(C)C)C2)c2cccc(Cl)c2n1. The summed E-state index contributed by atoms with van der Waals surface area (Å²) in [6, 6.07) is 4.60. The van der Waals surface area contributed by atoms with E-state index < -0.39 is 69.4 Å². The molecular formula is C38H52ClN5O10S. The molecular weight excluding hydrogens is 754 g/mol. The number of nitrogens with one attached hydrogen (secondary N) is 3. The predicted octanol–water partition coefficient (Wildman–Crippen LogP) is 4.79. The zero-order valence-electron chi connectivity index (χ0n) is 32.2. The zero-order valence-corrected chi connectivity index (χ0v) is 33.8. The summed E-state index contributed by atoms with van der Waals surface area (Å²) in [6.45, 7) is 11.2. The van der Waals surface area contributed by atoms with Crippen LogP contribution in [-0.4, -0.2) is 91.2 Å². The summed E-state index contributed by atoms with van der Waals surface area (Å²) in [7, 11) is -4.44. The second kappa shape index (κ2) is 15.9. The molecule has 4 aliphatic rings. The van der Waals surface area contributed by atoms with Gasteiger partial charge in [-0.2, -0.15) is 8.42 Å². The molecule has 3 saturated carbocycles. The number of aromatic nitrogens is 1. The number of rotatable bonds is 14. The fraction of sp³-hybridized carbons (Fsp3) is 0.658. The topological polar surface area (TPSA) is 192 Å². The number of ether oxygens (including phenoxy) is 3. The number of hydrogen-bond acceptors (Lipinski definition) is 11. The average molecular weight is 806 g/mol. The molecule has 7 atom stereocenters. The van der Waals surface area contributed by atoms with Gasteiger partial charge in [-0.25, -0.2) is 14.5 Å². The molecule has 15 nitrogen and oxygen atoms in total. The van der Waals surface area contributed by atoms with Crippen LogP contribution in [0, 0.1) is 17.3 Å². The molecule has 1 aliphatic heterocycles. The van der Waals surface area contributed by atoms with Crippen LogP contribution in [0.15, 0.2) is 24.3 Å². The van der Waals surface area contributed by atoms with Crippen molar-refractivity contribution in [2.45, 2.75) is 129 Å². The van der Waals surface area contributed by atoms with Gasteiger partial charge in [-0.05, 0) is 74.8 Å². The van der Waals surface area contributed by atoms with Gasteiger partial charge >= 0.3 is 16.4 Å². The third-order valence-electron chi connectivity index (χ3n) is 11.0. The van der Waals surface area contributed by atoms with Gasteiger partial charge in [0.25, 0.3) is 5.91 Å². The summed E-state index contributed by atoms with van der Waals surface area (Å²) in [5, 5.41) is 6.57. The molecule has 0 spiro atoms. The lowest BCUT2D eigenvalue weighted by Gasteiger charge is -2.35. The van der Waals surface area contributed by atoms with Gasteiger partial charge in [0, 0.05) is 17.9 Å². The Balaban J connectivity index is 1.28. The molecule has 3 aliphatic carbocycles. The highest BCUT2D eigenvalue weighted by molar-refractivity contribution is 7.85. The van der Waals surface area contributed by atoms with Crippen LogP contribution >= 0.6 is 11.6 Å². The largest absolute Gasteiger partial charge is 0.488 e. The summed E-state index contributed by atoms with van der Waals surface area (Å²) in [4.78, 5) is 61.7. The number of likely N-dealkylation sites (tertiary alicyclic amines) is 1. The molecule has 0 bridgehead atoms. The van der Waals surface area contributed by atoms with Crippen LogP contribution in [0.3, 0.4) is 0 Å². The number of carbonyl (C=O) groups is 4. The molecule has 3 N–H and O–H groups in total. The number of amides is 4. The highest BCUT2D eigenvalue weighted by atomic mass is 35.5. The molecule has 2 heterocycles. The van der Waals surface area contributed by atoms with Crippen LogP contribution in [0.4, 0.5) is 4.79 Å². The van der Waals surface area contributed by atoms with Crippen molar-refractivity contribution in [3.63, 3.8) is 0 Å². The Morgan fingerprint density at radius 1 is 1.09 bits per heavy atom. The van der Waals surface area contributed by atoms with E-state index in [-0.39, 0.29) is 43.2 Å². The van der Waals surface area contributed by atoms with Crippen molar-refractivity contribution in [3.8, 4) is 11.6 Å². The van der Waals surface area contributed by atoms with Gasteiger partial charge in [0.1, 0.15) is 35.6 Å². The maximum atomic E-state index is 14.6. The van der Waals surface area contributed by atoms with Gasteiger partial charge in [-0.3, -0.25) is 18.6 Å². The summed E-state index contributed by atoms with van der Waals surface area (Å²) in [5.41, 5.74) is -1.90. The highest BCUT2D eigenvalue weighted by Gasteiger charge is 2.62. The number of pyridine rings is 1. The maximum Gasteiger partial charge on any atom is 0.408 e. The van der Waals surface area contributed by atoms with Crippen LogP contribution in [-0.2, 0) is 33.6 Å². The van der Waals surface area contributed by atoms with Crippen LogP contribution in [0.2, 0.25) is 5.02 Å². The Hall–Kier alpha value is -3.89. The minimum Gasteiger partial charge on any atom is -0.488 e. The normalized spacial score (nSPS) is 27.0. The van der Waals surface area contributed by atoms with E-state index in [0.717, 1.165) is 25.7 Å². The molecule has 17 heteroatoms. The van der Waals surface area contributed by atoms with Gasteiger partial charge < -0.3 is 29.7 Å². The molecule has 4 amide bonds.